The van der Waals surface area contributed by atoms with E-state index in [9.17, 15) is 4.79 Å². The Kier molecular flexibility index (Phi) is 4.51. The number of carbonyl (C=O) groups excluding carboxylic acids is 1. The second kappa shape index (κ2) is 6.34. The summed E-state index contributed by atoms with van der Waals surface area (Å²) in [5, 5.41) is 3.07. The molecule has 1 aromatic heterocycles. The van der Waals surface area contributed by atoms with Crippen LogP contribution < -0.4 is 5.32 Å². The number of nitrogens with zero attached hydrogens (tertiary/aromatic N) is 1. The largest absolute Gasteiger partial charge is 0.349 e. The van der Waals surface area contributed by atoms with Crippen molar-refractivity contribution >= 4 is 5.91 Å². The Morgan fingerprint density at radius 2 is 2.33 bits per heavy atom. The predicted molar refractivity (Wildman–Crippen MR) is 72.0 cm³/mol. The van der Waals surface area contributed by atoms with Gasteiger partial charge in [-0.1, -0.05) is 25.5 Å². The van der Waals surface area contributed by atoms with Crippen LogP contribution in [0.4, 0.5) is 0 Å². The van der Waals surface area contributed by atoms with Crippen LogP contribution in [0.1, 0.15) is 31.2 Å². The van der Waals surface area contributed by atoms with E-state index in [0.717, 1.165) is 6.42 Å². The van der Waals surface area contributed by atoms with Crippen molar-refractivity contribution in [3.63, 3.8) is 0 Å². The Hall–Kier alpha value is -1.64. The van der Waals surface area contributed by atoms with Gasteiger partial charge in [0.2, 0.25) is 5.91 Å². The van der Waals surface area contributed by atoms with Crippen molar-refractivity contribution in [1.29, 1.82) is 0 Å². The summed E-state index contributed by atoms with van der Waals surface area (Å²) in [5.41, 5.74) is 1.18. The highest BCUT2D eigenvalue weighted by molar-refractivity contribution is 5.87. The van der Waals surface area contributed by atoms with E-state index in [-0.39, 0.29) is 11.9 Å². The molecule has 3 heteroatoms. The van der Waals surface area contributed by atoms with Gasteiger partial charge in [0.05, 0.1) is 0 Å². The van der Waals surface area contributed by atoms with Crippen LogP contribution in [-0.2, 0) is 11.2 Å². The average molecular weight is 244 g/mol. The van der Waals surface area contributed by atoms with Crippen LogP contribution in [0.2, 0.25) is 0 Å². The highest BCUT2D eigenvalue weighted by atomic mass is 16.1. The molecule has 1 atom stereocenters. The summed E-state index contributed by atoms with van der Waals surface area (Å²) in [6.07, 6.45) is 10.8. The molecule has 2 rings (SSSR count). The fourth-order valence-corrected chi connectivity index (χ4v) is 2.71. The normalized spacial score (nSPS) is 17.3. The zero-order valence-electron chi connectivity index (χ0n) is 10.6. The van der Waals surface area contributed by atoms with Crippen LogP contribution in [0.5, 0.6) is 0 Å². The molecule has 1 aromatic rings. The Balaban J connectivity index is 2.03. The third-order valence-corrected chi connectivity index (χ3v) is 3.66. The molecule has 1 heterocycles. The number of nitrogens with one attached hydrogen (secondary N) is 1. The lowest BCUT2D eigenvalue weighted by molar-refractivity contribution is -0.117. The van der Waals surface area contributed by atoms with Gasteiger partial charge in [0, 0.05) is 18.4 Å². The Morgan fingerprint density at radius 3 is 2.94 bits per heavy atom. The molecule has 0 aromatic carbocycles. The number of hydrogen-bond acceptors (Lipinski definition) is 2. The van der Waals surface area contributed by atoms with Gasteiger partial charge in [-0.25, -0.2) is 0 Å². The average Bonchev–Trinajstić information content (AvgIpc) is 2.93. The quantitative estimate of drug-likeness (QED) is 0.809. The van der Waals surface area contributed by atoms with E-state index in [1.807, 2.05) is 12.3 Å². The van der Waals surface area contributed by atoms with Crippen LogP contribution in [0.15, 0.2) is 37.2 Å². The summed E-state index contributed by atoms with van der Waals surface area (Å²) >= 11 is 0. The summed E-state index contributed by atoms with van der Waals surface area (Å²) in [7, 11) is 0. The predicted octanol–water partition coefficient (Wildman–Crippen LogP) is 2.49. The van der Waals surface area contributed by atoms with Crippen molar-refractivity contribution in [3.8, 4) is 0 Å². The summed E-state index contributed by atoms with van der Waals surface area (Å²) in [6, 6.07) is 4.22. The Morgan fingerprint density at radius 1 is 1.56 bits per heavy atom. The first-order chi connectivity index (χ1) is 8.79. The molecular weight excluding hydrogens is 224 g/mol. The van der Waals surface area contributed by atoms with Gasteiger partial charge in [-0.15, -0.1) is 0 Å². The summed E-state index contributed by atoms with van der Waals surface area (Å²) < 4.78 is 0. The molecular formula is C15H20N2O. The number of hydrogen-bond donors (Lipinski definition) is 1. The van der Waals surface area contributed by atoms with Crippen LogP contribution in [0, 0.1) is 5.92 Å². The van der Waals surface area contributed by atoms with Gasteiger partial charge in [-0.05, 0) is 42.9 Å². The second-order valence-corrected chi connectivity index (χ2v) is 4.93. The highest BCUT2D eigenvalue weighted by Crippen LogP contribution is 2.29. The number of carbonyl (C=O) groups is 1. The Bertz CT molecular complexity index is 396. The number of aromatic nitrogens is 1. The van der Waals surface area contributed by atoms with Crippen molar-refractivity contribution in [2.45, 2.75) is 38.1 Å². The van der Waals surface area contributed by atoms with Crippen molar-refractivity contribution in [3.05, 3.63) is 42.7 Å². The fourth-order valence-electron chi connectivity index (χ4n) is 2.71. The molecule has 1 amide bonds. The van der Waals surface area contributed by atoms with E-state index in [0.29, 0.717) is 5.92 Å². The van der Waals surface area contributed by atoms with E-state index >= 15 is 0 Å². The molecule has 1 aliphatic carbocycles. The van der Waals surface area contributed by atoms with E-state index in [1.54, 1.807) is 6.20 Å². The Labute approximate surface area is 108 Å². The van der Waals surface area contributed by atoms with Crippen molar-refractivity contribution in [2.75, 3.05) is 0 Å². The van der Waals surface area contributed by atoms with E-state index in [4.69, 9.17) is 0 Å². The van der Waals surface area contributed by atoms with E-state index in [1.165, 1.54) is 37.3 Å². The number of amides is 1. The fraction of sp³-hybridized carbons (Fsp3) is 0.467. The van der Waals surface area contributed by atoms with E-state index < -0.39 is 0 Å². The molecule has 0 spiro atoms. The SMILES string of the molecule is C=CC(=O)NC(Cc1cccnc1)C1CCCC1. The van der Waals surface area contributed by atoms with E-state index in [2.05, 4.69) is 22.9 Å². The maximum Gasteiger partial charge on any atom is 0.243 e. The first kappa shape index (κ1) is 12.8. The van der Waals surface area contributed by atoms with Gasteiger partial charge < -0.3 is 5.32 Å². The van der Waals surface area contributed by atoms with Gasteiger partial charge in [-0.2, -0.15) is 0 Å². The van der Waals surface area contributed by atoms with Gasteiger partial charge in [0.25, 0.3) is 0 Å². The summed E-state index contributed by atoms with van der Waals surface area (Å²) in [5.74, 6) is 0.518. The summed E-state index contributed by atoms with van der Waals surface area (Å²) in [6.45, 7) is 3.52. The van der Waals surface area contributed by atoms with Gasteiger partial charge in [-0.3, -0.25) is 9.78 Å². The van der Waals surface area contributed by atoms with Crippen molar-refractivity contribution in [2.24, 2.45) is 5.92 Å². The molecule has 1 saturated carbocycles. The lowest BCUT2D eigenvalue weighted by Gasteiger charge is -2.24. The molecule has 18 heavy (non-hydrogen) atoms. The monoisotopic (exact) mass is 244 g/mol. The zero-order valence-corrected chi connectivity index (χ0v) is 10.6. The topological polar surface area (TPSA) is 42.0 Å². The van der Waals surface area contributed by atoms with Gasteiger partial charge >= 0.3 is 0 Å². The van der Waals surface area contributed by atoms with Crippen LogP contribution >= 0.6 is 0 Å². The molecule has 0 saturated heterocycles. The minimum atomic E-state index is -0.0733. The first-order valence-corrected chi connectivity index (χ1v) is 6.61. The standard InChI is InChI=1S/C15H20N2O/c1-2-15(18)17-14(13-7-3-4-8-13)10-12-6-5-9-16-11-12/h2,5-6,9,11,13-14H,1,3-4,7-8,10H2,(H,17,18). The minimum absolute atomic E-state index is 0.0733. The van der Waals surface area contributed by atoms with Gasteiger partial charge in [0.15, 0.2) is 0 Å². The highest BCUT2D eigenvalue weighted by Gasteiger charge is 2.25. The maximum atomic E-state index is 11.5. The smallest absolute Gasteiger partial charge is 0.243 e. The summed E-state index contributed by atoms with van der Waals surface area (Å²) in [4.78, 5) is 15.7. The van der Waals surface area contributed by atoms with Crippen LogP contribution in [0.3, 0.4) is 0 Å². The molecule has 3 nitrogen and oxygen atoms in total. The molecule has 1 aliphatic rings. The first-order valence-electron chi connectivity index (χ1n) is 6.61. The maximum absolute atomic E-state index is 11.5. The zero-order chi connectivity index (χ0) is 12.8. The molecule has 0 aliphatic heterocycles. The molecule has 1 unspecified atom stereocenters. The van der Waals surface area contributed by atoms with Crippen LogP contribution in [-0.4, -0.2) is 16.9 Å². The third-order valence-electron chi connectivity index (χ3n) is 3.66. The van der Waals surface area contributed by atoms with Crippen molar-refractivity contribution in [1.82, 2.24) is 10.3 Å². The minimum Gasteiger partial charge on any atom is -0.349 e. The van der Waals surface area contributed by atoms with Gasteiger partial charge in [0.1, 0.15) is 0 Å². The molecule has 0 bridgehead atoms. The number of pyridine rings is 1. The van der Waals surface area contributed by atoms with Crippen LogP contribution in [0.25, 0.3) is 0 Å². The number of rotatable bonds is 5. The lowest BCUT2D eigenvalue weighted by atomic mass is 9.92. The molecule has 1 fully saturated rings. The second-order valence-electron chi connectivity index (χ2n) is 4.93. The molecule has 0 radical (unpaired) electrons. The third kappa shape index (κ3) is 3.42. The van der Waals surface area contributed by atoms with Crippen molar-refractivity contribution < 1.29 is 4.79 Å². The molecule has 96 valence electrons. The lowest BCUT2D eigenvalue weighted by Crippen LogP contribution is -2.40. The molecule has 1 N–H and O–H groups in total.